The number of aliphatic hydroxyl groups excluding tert-OH is 1. The van der Waals surface area contributed by atoms with Gasteiger partial charge < -0.3 is 20.1 Å². The molecule has 1 aliphatic heterocycles. The van der Waals surface area contributed by atoms with Gasteiger partial charge >= 0.3 is 0 Å². The molecule has 3 rings (SSSR count). The Morgan fingerprint density at radius 2 is 2.28 bits per heavy atom. The molecule has 134 valence electrons. The summed E-state index contributed by atoms with van der Waals surface area (Å²) in [5, 5.41) is 12.1. The molecular formula is C18H25N5O2. The van der Waals surface area contributed by atoms with Crippen molar-refractivity contribution in [2.45, 2.75) is 25.8 Å². The molecule has 0 bridgehead atoms. The Kier molecular flexibility index (Phi) is 5.78. The van der Waals surface area contributed by atoms with Crippen LogP contribution in [0.15, 0.2) is 24.5 Å². The van der Waals surface area contributed by atoms with Gasteiger partial charge in [0.25, 0.3) is 0 Å². The molecule has 1 fully saturated rings. The Morgan fingerprint density at radius 1 is 1.40 bits per heavy atom. The zero-order chi connectivity index (χ0) is 17.6. The summed E-state index contributed by atoms with van der Waals surface area (Å²) in [6.07, 6.45) is 4.66. The Labute approximate surface area is 148 Å². The third-order valence-corrected chi connectivity index (χ3v) is 4.41. The summed E-state index contributed by atoms with van der Waals surface area (Å²) in [6, 6.07) is 4.07. The van der Waals surface area contributed by atoms with Crippen LogP contribution in [-0.2, 0) is 11.3 Å². The van der Waals surface area contributed by atoms with Gasteiger partial charge in [-0.25, -0.2) is 4.98 Å². The molecule has 0 amide bonds. The highest BCUT2D eigenvalue weighted by Crippen LogP contribution is 2.27. The second-order valence-electron chi connectivity index (χ2n) is 6.34. The van der Waals surface area contributed by atoms with Gasteiger partial charge in [-0.1, -0.05) is 0 Å². The molecule has 2 aromatic rings. The molecule has 2 N–H and O–H groups in total. The van der Waals surface area contributed by atoms with Crippen LogP contribution in [0.25, 0.3) is 0 Å². The number of ether oxygens (including phenoxy) is 1. The van der Waals surface area contributed by atoms with Crippen molar-refractivity contribution in [2.75, 3.05) is 43.6 Å². The normalized spacial score (nSPS) is 16.8. The number of hydrogen-bond donors (Lipinski definition) is 2. The first kappa shape index (κ1) is 17.6. The maximum absolute atomic E-state index is 9.06. The van der Waals surface area contributed by atoms with Crippen molar-refractivity contribution in [3.8, 4) is 0 Å². The van der Waals surface area contributed by atoms with Gasteiger partial charge in [0.05, 0.1) is 18.9 Å². The second-order valence-corrected chi connectivity index (χ2v) is 6.34. The van der Waals surface area contributed by atoms with Crippen LogP contribution in [0.4, 0.5) is 11.8 Å². The topological polar surface area (TPSA) is 83.4 Å². The van der Waals surface area contributed by atoms with E-state index in [1.54, 1.807) is 0 Å². The van der Waals surface area contributed by atoms with Gasteiger partial charge in [0, 0.05) is 51.1 Å². The average Bonchev–Trinajstić information content (AvgIpc) is 3.16. The van der Waals surface area contributed by atoms with Crippen LogP contribution in [0.3, 0.4) is 0 Å². The molecule has 1 atom stereocenters. The Hall–Kier alpha value is -2.25. The van der Waals surface area contributed by atoms with Crippen molar-refractivity contribution in [3.63, 3.8) is 0 Å². The molecule has 7 heteroatoms. The molecule has 25 heavy (non-hydrogen) atoms. The van der Waals surface area contributed by atoms with Crippen molar-refractivity contribution in [1.29, 1.82) is 0 Å². The van der Waals surface area contributed by atoms with Gasteiger partial charge in [0.1, 0.15) is 5.82 Å². The zero-order valence-corrected chi connectivity index (χ0v) is 14.8. The van der Waals surface area contributed by atoms with E-state index in [9.17, 15) is 0 Å². The molecule has 0 aliphatic carbocycles. The lowest BCUT2D eigenvalue weighted by molar-refractivity contribution is 0.193. The van der Waals surface area contributed by atoms with E-state index in [-0.39, 0.29) is 6.61 Å². The number of pyridine rings is 1. The van der Waals surface area contributed by atoms with Gasteiger partial charge in [-0.15, -0.1) is 0 Å². The third-order valence-electron chi connectivity index (χ3n) is 4.41. The van der Waals surface area contributed by atoms with Crippen LogP contribution in [0.5, 0.6) is 0 Å². The summed E-state index contributed by atoms with van der Waals surface area (Å²) in [7, 11) is 2.02. The highest BCUT2D eigenvalue weighted by molar-refractivity contribution is 5.46. The second kappa shape index (κ2) is 8.22. The quantitative estimate of drug-likeness (QED) is 0.792. The van der Waals surface area contributed by atoms with Crippen LogP contribution < -0.4 is 10.2 Å². The van der Waals surface area contributed by atoms with Crippen LogP contribution in [-0.4, -0.2) is 53.5 Å². The Balaban J connectivity index is 1.84. The zero-order valence-electron chi connectivity index (χ0n) is 14.8. The predicted molar refractivity (Wildman–Crippen MR) is 96.9 cm³/mol. The molecule has 0 aromatic carbocycles. The Morgan fingerprint density at radius 3 is 3.00 bits per heavy atom. The van der Waals surface area contributed by atoms with E-state index in [1.165, 1.54) is 5.56 Å². The molecule has 0 radical (unpaired) electrons. The molecule has 1 saturated heterocycles. The van der Waals surface area contributed by atoms with Gasteiger partial charge in [-0.05, 0) is 30.5 Å². The lowest BCUT2D eigenvalue weighted by atomic mass is 10.0. The van der Waals surface area contributed by atoms with E-state index in [0.717, 1.165) is 36.6 Å². The van der Waals surface area contributed by atoms with Gasteiger partial charge in [0.15, 0.2) is 0 Å². The summed E-state index contributed by atoms with van der Waals surface area (Å²) in [5.41, 5.74) is 3.36. The highest BCUT2D eigenvalue weighted by Gasteiger charge is 2.21. The van der Waals surface area contributed by atoms with E-state index in [2.05, 4.69) is 32.1 Å². The summed E-state index contributed by atoms with van der Waals surface area (Å²) in [5.74, 6) is 1.70. The monoisotopic (exact) mass is 343 g/mol. The van der Waals surface area contributed by atoms with E-state index >= 15 is 0 Å². The van der Waals surface area contributed by atoms with Crippen molar-refractivity contribution < 1.29 is 9.84 Å². The maximum atomic E-state index is 9.06. The standard InChI is InChI=1S/C18H25N5O2/c1-13-10-19-5-3-14(13)11-23(2)17-9-16(15-4-8-25-12-15)21-18(22-17)20-6-7-24/h3,5,9-10,15,24H,4,6-8,11-12H2,1-2H3,(H,20,21,22). The summed E-state index contributed by atoms with van der Waals surface area (Å²) in [4.78, 5) is 15.5. The summed E-state index contributed by atoms with van der Waals surface area (Å²) in [6.45, 7) is 4.74. The first-order valence-electron chi connectivity index (χ1n) is 8.59. The molecule has 3 heterocycles. The van der Waals surface area contributed by atoms with Gasteiger partial charge in [-0.2, -0.15) is 4.98 Å². The number of aryl methyl sites for hydroxylation is 1. The molecule has 1 unspecified atom stereocenters. The number of aliphatic hydroxyl groups is 1. The average molecular weight is 343 g/mol. The molecular weight excluding hydrogens is 318 g/mol. The lowest BCUT2D eigenvalue weighted by Crippen LogP contribution is -2.21. The fourth-order valence-electron chi connectivity index (χ4n) is 2.89. The highest BCUT2D eigenvalue weighted by atomic mass is 16.5. The van der Waals surface area contributed by atoms with Gasteiger partial charge in [-0.3, -0.25) is 4.98 Å². The number of aromatic nitrogens is 3. The Bertz CT molecular complexity index is 704. The van der Waals surface area contributed by atoms with Crippen molar-refractivity contribution in [1.82, 2.24) is 15.0 Å². The number of hydrogen-bond acceptors (Lipinski definition) is 7. The van der Waals surface area contributed by atoms with E-state index in [4.69, 9.17) is 9.84 Å². The molecule has 1 aliphatic rings. The molecule has 2 aromatic heterocycles. The largest absolute Gasteiger partial charge is 0.395 e. The first-order valence-corrected chi connectivity index (χ1v) is 8.59. The maximum Gasteiger partial charge on any atom is 0.224 e. The number of nitrogens with one attached hydrogen (secondary N) is 1. The van der Waals surface area contributed by atoms with Crippen LogP contribution >= 0.6 is 0 Å². The minimum absolute atomic E-state index is 0.0432. The summed E-state index contributed by atoms with van der Waals surface area (Å²) < 4.78 is 5.50. The van der Waals surface area contributed by atoms with Crippen molar-refractivity contribution >= 4 is 11.8 Å². The number of rotatable bonds is 7. The molecule has 7 nitrogen and oxygen atoms in total. The fourth-order valence-corrected chi connectivity index (χ4v) is 2.89. The SMILES string of the molecule is Cc1cnccc1CN(C)c1cc(C2CCOC2)nc(NCCO)n1. The van der Waals surface area contributed by atoms with Crippen molar-refractivity contribution in [3.05, 3.63) is 41.3 Å². The van der Waals surface area contributed by atoms with Gasteiger partial charge in [0.2, 0.25) is 5.95 Å². The number of anilines is 2. The first-order chi connectivity index (χ1) is 12.2. The van der Waals surface area contributed by atoms with Crippen LogP contribution in [0.2, 0.25) is 0 Å². The third kappa shape index (κ3) is 4.43. The fraction of sp³-hybridized carbons (Fsp3) is 0.500. The molecule has 0 spiro atoms. The minimum atomic E-state index is 0.0432. The van der Waals surface area contributed by atoms with E-state index < -0.39 is 0 Å². The minimum Gasteiger partial charge on any atom is -0.395 e. The van der Waals surface area contributed by atoms with E-state index in [1.807, 2.05) is 31.6 Å². The molecule has 0 saturated carbocycles. The predicted octanol–water partition coefficient (Wildman–Crippen LogP) is 1.72. The smallest absolute Gasteiger partial charge is 0.224 e. The number of nitrogens with zero attached hydrogens (tertiary/aromatic N) is 4. The lowest BCUT2D eigenvalue weighted by Gasteiger charge is -2.21. The van der Waals surface area contributed by atoms with E-state index in [0.29, 0.717) is 25.0 Å². The van der Waals surface area contributed by atoms with Crippen LogP contribution in [0.1, 0.15) is 29.2 Å². The van der Waals surface area contributed by atoms with Crippen molar-refractivity contribution in [2.24, 2.45) is 0 Å². The summed E-state index contributed by atoms with van der Waals surface area (Å²) >= 11 is 0. The van der Waals surface area contributed by atoms with Crippen LogP contribution in [0, 0.1) is 6.92 Å².